The molecule has 1 saturated heterocycles. The van der Waals surface area contributed by atoms with Crippen molar-refractivity contribution in [2.45, 2.75) is 19.4 Å². The molecule has 1 atom stereocenters. The van der Waals surface area contributed by atoms with E-state index in [0.717, 1.165) is 40.4 Å². The molecule has 94 valence electrons. The van der Waals surface area contributed by atoms with Crippen LogP contribution in [-0.4, -0.2) is 29.9 Å². The smallest absolute Gasteiger partial charge is 0.169 e. The lowest BCUT2D eigenvalue weighted by Gasteiger charge is -2.16. The number of nitrogens with zero attached hydrogens (tertiary/aromatic N) is 2. The second-order valence-electron chi connectivity index (χ2n) is 4.73. The zero-order valence-corrected chi connectivity index (χ0v) is 11.0. The Hall–Kier alpha value is -1.46. The molecule has 2 aromatic rings. The zero-order valence-electron chi connectivity index (χ0n) is 10.2. The van der Waals surface area contributed by atoms with Crippen molar-refractivity contribution in [3.8, 4) is 0 Å². The van der Waals surface area contributed by atoms with E-state index in [1.807, 2.05) is 18.2 Å². The quantitative estimate of drug-likeness (QED) is 0.840. The Kier molecular flexibility index (Phi) is 2.80. The molecule has 1 aliphatic rings. The van der Waals surface area contributed by atoms with E-state index in [4.69, 9.17) is 5.73 Å². The van der Waals surface area contributed by atoms with Crippen LogP contribution in [0.5, 0.6) is 0 Å². The monoisotopic (exact) mass is 261 g/mol. The average molecular weight is 261 g/mol. The first-order valence-electron chi connectivity index (χ1n) is 6.05. The molecule has 1 fully saturated rings. The van der Waals surface area contributed by atoms with Gasteiger partial charge in [-0.1, -0.05) is 0 Å². The number of fused-ring (bicyclic) bond motifs is 1. The Bertz CT molecular complexity index is 607. The van der Waals surface area contributed by atoms with Gasteiger partial charge in [-0.15, -0.1) is 11.3 Å². The van der Waals surface area contributed by atoms with Gasteiger partial charge in [-0.3, -0.25) is 4.79 Å². The standard InChI is InChI=1S/C13H15N3OS/c1-8(17)11-6-9-2-3-12(15-13(9)18-11)16-5-4-10(14)7-16/h2-3,6,10H,4-5,7,14H2,1H3/t10-/m0/s1. The maximum Gasteiger partial charge on any atom is 0.169 e. The predicted octanol–water partition coefficient (Wildman–Crippen LogP) is 2.04. The minimum atomic E-state index is 0.0998. The number of Topliss-reactive ketones (excluding diaryl/α,β-unsaturated/α-hetero) is 1. The molecule has 0 saturated carbocycles. The molecule has 18 heavy (non-hydrogen) atoms. The lowest BCUT2D eigenvalue weighted by atomic mass is 10.3. The van der Waals surface area contributed by atoms with Crippen molar-refractivity contribution in [1.82, 2.24) is 4.98 Å². The van der Waals surface area contributed by atoms with Crippen molar-refractivity contribution in [2.24, 2.45) is 5.73 Å². The average Bonchev–Trinajstić information content (AvgIpc) is 2.93. The first-order chi connectivity index (χ1) is 8.63. The third-order valence-corrected chi connectivity index (χ3v) is 4.41. The Morgan fingerprint density at radius 1 is 1.56 bits per heavy atom. The van der Waals surface area contributed by atoms with Gasteiger partial charge in [-0.2, -0.15) is 0 Å². The number of thiophene rings is 1. The van der Waals surface area contributed by atoms with Crippen LogP contribution in [0.2, 0.25) is 0 Å². The van der Waals surface area contributed by atoms with Gasteiger partial charge in [0.15, 0.2) is 5.78 Å². The molecule has 3 rings (SSSR count). The molecule has 2 N–H and O–H groups in total. The maximum atomic E-state index is 11.4. The third kappa shape index (κ3) is 2.00. The van der Waals surface area contributed by atoms with Gasteiger partial charge < -0.3 is 10.6 Å². The highest BCUT2D eigenvalue weighted by Gasteiger charge is 2.20. The van der Waals surface area contributed by atoms with Gasteiger partial charge in [0, 0.05) is 24.5 Å². The highest BCUT2D eigenvalue weighted by molar-refractivity contribution is 7.20. The Balaban J connectivity index is 1.97. The summed E-state index contributed by atoms with van der Waals surface area (Å²) >= 11 is 1.46. The van der Waals surface area contributed by atoms with E-state index in [-0.39, 0.29) is 11.8 Å². The number of anilines is 1. The van der Waals surface area contributed by atoms with E-state index in [1.165, 1.54) is 11.3 Å². The Labute approximate surface area is 109 Å². The molecular weight excluding hydrogens is 246 g/mol. The summed E-state index contributed by atoms with van der Waals surface area (Å²) in [4.78, 5) is 19.9. The van der Waals surface area contributed by atoms with Gasteiger partial charge >= 0.3 is 0 Å². The second-order valence-corrected chi connectivity index (χ2v) is 5.76. The highest BCUT2D eigenvalue weighted by atomic mass is 32.1. The van der Waals surface area contributed by atoms with E-state index in [9.17, 15) is 4.79 Å². The minimum absolute atomic E-state index is 0.0998. The first-order valence-corrected chi connectivity index (χ1v) is 6.87. The number of nitrogens with two attached hydrogens (primary N) is 1. The van der Waals surface area contributed by atoms with Crippen LogP contribution in [-0.2, 0) is 0 Å². The topological polar surface area (TPSA) is 59.2 Å². The molecule has 0 radical (unpaired) electrons. The molecule has 0 amide bonds. The van der Waals surface area contributed by atoms with Crippen LogP contribution in [0, 0.1) is 0 Å². The van der Waals surface area contributed by atoms with Crippen LogP contribution < -0.4 is 10.6 Å². The van der Waals surface area contributed by atoms with Gasteiger partial charge in [0.1, 0.15) is 10.6 Å². The van der Waals surface area contributed by atoms with Crippen molar-refractivity contribution in [3.05, 3.63) is 23.1 Å². The fraction of sp³-hybridized carbons (Fsp3) is 0.385. The molecule has 3 heterocycles. The summed E-state index contributed by atoms with van der Waals surface area (Å²) in [5, 5.41) is 1.04. The number of hydrogen-bond donors (Lipinski definition) is 1. The number of carbonyl (C=O) groups excluding carboxylic acids is 1. The van der Waals surface area contributed by atoms with E-state index in [2.05, 4.69) is 9.88 Å². The van der Waals surface area contributed by atoms with Gasteiger partial charge in [0.25, 0.3) is 0 Å². The zero-order chi connectivity index (χ0) is 12.7. The van der Waals surface area contributed by atoms with Crippen molar-refractivity contribution in [2.75, 3.05) is 18.0 Å². The van der Waals surface area contributed by atoms with Crippen LogP contribution in [0.3, 0.4) is 0 Å². The molecule has 0 bridgehead atoms. The van der Waals surface area contributed by atoms with Gasteiger partial charge in [-0.05, 0) is 31.5 Å². The molecule has 2 aromatic heterocycles. The highest BCUT2D eigenvalue weighted by Crippen LogP contribution is 2.27. The van der Waals surface area contributed by atoms with Crippen LogP contribution in [0.15, 0.2) is 18.2 Å². The molecule has 4 nitrogen and oxygen atoms in total. The van der Waals surface area contributed by atoms with Crippen molar-refractivity contribution < 1.29 is 4.79 Å². The normalized spacial score (nSPS) is 19.7. The lowest BCUT2D eigenvalue weighted by Crippen LogP contribution is -2.26. The van der Waals surface area contributed by atoms with Crippen LogP contribution in [0.25, 0.3) is 10.2 Å². The summed E-state index contributed by atoms with van der Waals surface area (Å²) < 4.78 is 0. The van der Waals surface area contributed by atoms with Gasteiger partial charge in [-0.25, -0.2) is 4.98 Å². The second kappa shape index (κ2) is 4.33. The van der Waals surface area contributed by atoms with Crippen LogP contribution in [0.1, 0.15) is 23.0 Å². The number of carbonyl (C=O) groups is 1. The molecule has 0 aromatic carbocycles. The number of rotatable bonds is 2. The summed E-state index contributed by atoms with van der Waals surface area (Å²) in [6, 6.07) is 6.20. The van der Waals surface area contributed by atoms with E-state index < -0.39 is 0 Å². The predicted molar refractivity (Wildman–Crippen MR) is 74.4 cm³/mol. The fourth-order valence-corrected chi connectivity index (χ4v) is 3.17. The molecule has 0 spiro atoms. The number of ketones is 1. The van der Waals surface area contributed by atoms with Crippen molar-refractivity contribution >= 4 is 33.2 Å². The van der Waals surface area contributed by atoms with Gasteiger partial charge in [0.05, 0.1) is 4.88 Å². The van der Waals surface area contributed by atoms with Crippen molar-refractivity contribution in [1.29, 1.82) is 0 Å². The van der Waals surface area contributed by atoms with Crippen LogP contribution >= 0.6 is 11.3 Å². The number of pyridine rings is 1. The molecular formula is C13H15N3OS. The van der Waals surface area contributed by atoms with Gasteiger partial charge in [0.2, 0.25) is 0 Å². The van der Waals surface area contributed by atoms with Crippen LogP contribution in [0.4, 0.5) is 5.82 Å². The third-order valence-electron chi connectivity index (χ3n) is 3.26. The maximum absolute atomic E-state index is 11.4. The number of hydrogen-bond acceptors (Lipinski definition) is 5. The molecule has 5 heteroatoms. The number of aromatic nitrogens is 1. The summed E-state index contributed by atoms with van der Waals surface area (Å²) in [5.41, 5.74) is 5.91. The Morgan fingerprint density at radius 2 is 2.39 bits per heavy atom. The lowest BCUT2D eigenvalue weighted by molar-refractivity contribution is 0.102. The molecule has 0 unspecified atom stereocenters. The first kappa shape index (κ1) is 11.6. The summed E-state index contributed by atoms with van der Waals surface area (Å²) in [7, 11) is 0. The summed E-state index contributed by atoms with van der Waals surface area (Å²) in [6.07, 6.45) is 1.02. The van der Waals surface area contributed by atoms with Crippen molar-refractivity contribution in [3.63, 3.8) is 0 Å². The SMILES string of the molecule is CC(=O)c1cc2ccc(N3CC[C@H](N)C3)nc2s1. The minimum Gasteiger partial charge on any atom is -0.355 e. The van der Waals surface area contributed by atoms with E-state index >= 15 is 0 Å². The summed E-state index contributed by atoms with van der Waals surface area (Å²) in [5.74, 6) is 1.06. The van der Waals surface area contributed by atoms with E-state index in [1.54, 1.807) is 6.92 Å². The molecule has 0 aliphatic carbocycles. The van der Waals surface area contributed by atoms with E-state index in [0.29, 0.717) is 0 Å². The fourth-order valence-electron chi connectivity index (χ4n) is 2.25. The Morgan fingerprint density at radius 3 is 3.06 bits per heavy atom. The largest absolute Gasteiger partial charge is 0.355 e. The molecule has 1 aliphatic heterocycles. The summed E-state index contributed by atoms with van der Waals surface area (Å²) in [6.45, 7) is 3.42.